The fourth-order valence-electron chi connectivity index (χ4n) is 2.87. The minimum absolute atomic E-state index is 0.114. The molecule has 4 aromatic rings. The molecule has 0 atom stereocenters. The summed E-state index contributed by atoms with van der Waals surface area (Å²) in [5.41, 5.74) is 2.80. The van der Waals surface area contributed by atoms with Crippen LogP contribution in [0.25, 0.3) is 4.96 Å². The van der Waals surface area contributed by atoms with Crippen LogP contribution in [-0.4, -0.2) is 15.3 Å². The number of nitrogens with one attached hydrogen (secondary N) is 2. The van der Waals surface area contributed by atoms with Crippen LogP contribution in [0.4, 0.5) is 5.69 Å². The van der Waals surface area contributed by atoms with Crippen molar-refractivity contribution in [2.75, 3.05) is 5.32 Å². The predicted molar refractivity (Wildman–Crippen MR) is 111 cm³/mol. The Bertz CT molecular complexity index is 1170. The van der Waals surface area contributed by atoms with E-state index >= 15 is 0 Å². The Morgan fingerprint density at radius 3 is 2.68 bits per heavy atom. The zero-order valence-corrected chi connectivity index (χ0v) is 15.8. The molecule has 2 aromatic heterocycles. The first kappa shape index (κ1) is 17.9. The fraction of sp³-hybridized carbons (Fsp3) is 0.0952. The van der Waals surface area contributed by atoms with Gasteiger partial charge in [-0.05, 0) is 17.7 Å². The zero-order valence-electron chi connectivity index (χ0n) is 15.0. The summed E-state index contributed by atoms with van der Waals surface area (Å²) >= 11 is 1.41. The highest BCUT2D eigenvalue weighted by atomic mass is 32.1. The summed E-state index contributed by atoms with van der Waals surface area (Å²) in [6.07, 6.45) is 1.71. The number of benzene rings is 2. The van der Waals surface area contributed by atoms with Gasteiger partial charge in [-0.1, -0.05) is 42.5 Å². The molecule has 6 nitrogen and oxygen atoms in total. The molecule has 0 spiro atoms. The molecule has 0 saturated carbocycles. The Morgan fingerprint density at radius 2 is 1.82 bits per heavy atom. The molecule has 28 heavy (non-hydrogen) atoms. The summed E-state index contributed by atoms with van der Waals surface area (Å²) < 4.78 is 1.51. The summed E-state index contributed by atoms with van der Waals surface area (Å²) in [5, 5.41) is 7.99. The van der Waals surface area contributed by atoms with Gasteiger partial charge < -0.3 is 10.6 Å². The summed E-state index contributed by atoms with van der Waals surface area (Å²) in [5.74, 6) is -0.159. The molecule has 2 aromatic carbocycles. The lowest BCUT2D eigenvalue weighted by atomic mass is 10.1. The number of thiazole rings is 1. The van der Waals surface area contributed by atoms with Crippen LogP contribution in [0.2, 0.25) is 0 Å². The van der Waals surface area contributed by atoms with E-state index < -0.39 is 0 Å². The number of hydrogen-bond donors (Lipinski definition) is 2. The summed E-state index contributed by atoms with van der Waals surface area (Å²) in [6.45, 7) is 0.813. The number of amides is 1. The Morgan fingerprint density at radius 1 is 1.04 bits per heavy atom. The van der Waals surface area contributed by atoms with Crippen molar-refractivity contribution in [2.45, 2.75) is 13.1 Å². The SMILES string of the molecule is O=C(NCc1ccccc1)c1ccccc1NCc1cc(=O)n2ccsc2n1. The molecule has 140 valence electrons. The van der Waals surface area contributed by atoms with Crippen molar-refractivity contribution < 1.29 is 4.79 Å². The van der Waals surface area contributed by atoms with Crippen LogP contribution < -0.4 is 16.2 Å². The van der Waals surface area contributed by atoms with Crippen molar-refractivity contribution in [3.05, 3.63) is 99.4 Å². The van der Waals surface area contributed by atoms with Crippen LogP contribution in [0.15, 0.2) is 77.0 Å². The number of rotatable bonds is 6. The first-order valence-electron chi connectivity index (χ1n) is 8.81. The van der Waals surface area contributed by atoms with E-state index in [9.17, 15) is 9.59 Å². The molecule has 1 amide bonds. The smallest absolute Gasteiger partial charge is 0.258 e. The van der Waals surface area contributed by atoms with E-state index in [0.717, 1.165) is 5.56 Å². The zero-order chi connectivity index (χ0) is 19.3. The lowest BCUT2D eigenvalue weighted by Gasteiger charge is -2.12. The van der Waals surface area contributed by atoms with E-state index in [-0.39, 0.29) is 11.5 Å². The van der Waals surface area contributed by atoms with Crippen LogP contribution in [0.3, 0.4) is 0 Å². The Kier molecular flexibility index (Phi) is 5.16. The topological polar surface area (TPSA) is 75.5 Å². The summed E-state index contributed by atoms with van der Waals surface area (Å²) in [6, 6.07) is 18.6. The molecule has 0 fully saturated rings. The number of carbonyl (C=O) groups is 1. The van der Waals surface area contributed by atoms with Gasteiger partial charge in [0.05, 0.1) is 17.8 Å². The predicted octanol–water partition coefficient (Wildman–Crippen LogP) is 3.30. The van der Waals surface area contributed by atoms with Crippen LogP contribution >= 0.6 is 11.3 Å². The van der Waals surface area contributed by atoms with Gasteiger partial charge in [-0.25, -0.2) is 4.98 Å². The molecule has 0 saturated heterocycles. The second-order valence-electron chi connectivity index (χ2n) is 6.21. The van der Waals surface area contributed by atoms with Gasteiger partial charge in [0.25, 0.3) is 11.5 Å². The molecular formula is C21H18N4O2S. The maximum Gasteiger partial charge on any atom is 0.258 e. The van der Waals surface area contributed by atoms with Gasteiger partial charge in [0, 0.05) is 29.9 Å². The molecule has 2 N–H and O–H groups in total. The molecule has 0 aliphatic carbocycles. The first-order chi connectivity index (χ1) is 13.7. The fourth-order valence-corrected chi connectivity index (χ4v) is 3.61. The van der Waals surface area contributed by atoms with Crippen molar-refractivity contribution in [1.29, 1.82) is 0 Å². The van der Waals surface area contributed by atoms with E-state index in [0.29, 0.717) is 35.0 Å². The van der Waals surface area contributed by atoms with Gasteiger partial charge in [-0.3, -0.25) is 14.0 Å². The number of nitrogens with zero attached hydrogens (tertiary/aromatic N) is 2. The average molecular weight is 390 g/mol. The van der Waals surface area contributed by atoms with Crippen molar-refractivity contribution in [2.24, 2.45) is 0 Å². The van der Waals surface area contributed by atoms with Crippen molar-refractivity contribution in [3.63, 3.8) is 0 Å². The second kappa shape index (κ2) is 8.06. The van der Waals surface area contributed by atoms with Gasteiger partial charge in [-0.15, -0.1) is 11.3 Å². The Labute approximate surface area is 165 Å². The van der Waals surface area contributed by atoms with E-state index in [1.54, 1.807) is 12.3 Å². The third-order valence-corrected chi connectivity index (χ3v) is 5.04. The molecule has 0 unspecified atom stereocenters. The maximum atomic E-state index is 12.6. The van der Waals surface area contributed by atoms with Gasteiger partial charge in [0.2, 0.25) is 0 Å². The van der Waals surface area contributed by atoms with E-state index in [2.05, 4.69) is 15.6 Å². The number of anilines is 1. The minimum Gasteiger partial charge on any atom is -0.379 e. The highest BCUT2D eigenvalue weighted by Crippen LogP contribution is 2.16. The molecule has 4 rings (SSSR count). The van der Waals surface area contributed by atoms with Gasteiger partial charge >= 0.3 is 0 Å². The average Bonchev–Trinajstić information content (AvgIpc) is 3.21. The highest BCUT2D eigenvalue weighted by molar-refractivity contribution is 7.15. The van der Waals surface area contributed by atoms with Crippen molar-refractivity contribution in [1.82, 2.24) is 14.7 Å². The van der Waals surface area contributed by atoms with E-state index in [1.807, 2.05) is 53.9 Å². The number of carbonyl (C=O) groups excluding carboxylic acids is 1. The number of hydrogen-bond acceptors (Lipinski definition) is 5. The van der Waals surface area contributed by atoms with Gasteiger partial charge in [0.1, 0.15) is 0 Å². The number of fused-ring (bicyclic) bond motifs is 1. The van der Waals surface area contributed by atoms with Crippen LogP contribution in [0.5, 0.6) is 0 Å². The lowest BCUT2D eigenvalue weighted by Crippen LogP contribution is -2.24. The monoisotopic (exact) mass is 390 g/mol. The maximum absolute atomic E-state index is 12.6. The van der Waals surface area contributed by atoms with Crippen molar-refractivity contribution >= 4 is 27.9 Å². The molecule has 2 heterocycles. The van der Waals surface area contributed by atoms with Gasteiger partial charge in [-0.2, -0.15) is 0 Å². The van der Waals surface area contributed by atoms with Crippen molar-refractivity contribution in [3.8, 4) is 0 Å². The second-order valence-corrected chi connectivity index (χ2v) is 7.08. The molecule has 7 heteroatoms. The third-order valence-electron chi connectivity index (χ3n) is 4.28. The largest absolute Gasteiger partial charge is 0.379 e. The van der Waals surface area contributed by atoms with Crippen LogP contribution in [0, 0.1) is 0 Å². The normalized spacial score (nSPS) is 10.7. The molecule has 0 radical (unpaired) electrons. The van der Waals surface area contributed by atoms with Gasteiger partial charge in [0.15, 0.2) is 4.96 Å². The van der Waals surface area contributed by atoms with Crippen LogP contribution in [-0.2, 0) is 13.1 Å². The van der Waals surface area contributed by atoms with E-state index in [1.165, 1.54) is 21.8 Å². The Balaban J connectivity index is 1.47. The number of para-hydroxylation sites is 1. The summed E-state index contributed by atoms with van der Waals surface area (Å²) in [7, 11) is 0. The molecule has 0 bridgehead atoms. The quantitative estimate of drug-likeness (QED) is 0.530. The first-order valence-corrected chi connectivity index (χ1v) is 9.69. The molecule has 0 aliphatic heterocycles. The van der Waals surface area contributed by atoms with Crippen LogP contribution in [0.1, 0.15) is 21.6 Å². The third kappa shape index (κ3) is 3.94. The Hall–Kier alpha value is -3.45. The standard InChI is InChI=1S/C21H18N4O2S/c26-19-12-16(24-21-25(19)10-11-28-21)14-22-18-9-5-4-8-17(18)20(27)23-13-15-6-2-1-3-7-15/h1-12,22H,13-14H2,(H,23,27). The summed E-state index contributed by atoms with van der Waals surface area (Å²) in [4.78, 5) is 29.9. The molecular weight excluding hydrogens is 372 g/mol. The van der Waals surface area contributed by atoms with E-state index in [4.69, 9.17) is 0 Å². The lowest BCUT2D eigenvalue weighted by molar-refractivity contribution is 0.0951. The number of aromatic nitrogens is 2. The minimum atomic E-state index is -0.159. The molecule has 0 aliphatic rings. The highest BCUT2D eigenvalue weighted by Gasteiger charge is 2.11.